The van der Waals surface area contributed by atoms with Gasteiger partial charge in [0.05, 0.1) is 6.54 Å². The molecule has 0 spiro atoms. The Labute approximate surface area is 94.7 Å². The molecule has 1 rings (SSSR count). The number of likely N-dealkylation sites (tertiary alicyclic amines) is 1. The standard InChI is InChI=1S/C11H19F2NO2/c1-5-8-6-11(12,13)7-14(8)9(15)16-10(2,3)4/h8H,5-7H2,1-4H3. The molecule has 0 aromatic rings. The van der Waals surface area contributed by atoms with Gasteiger partial charge in [-0.15, -0.1) is 0 Å². The average molecular weight is 235 g/mol. The van der Waals surface area contributed by atoms with Gasteiger partial charge in [0.1, 0.15) is 5.60 Å². The van der Waals surface area contributed by atoms with Crippen LogP contribution in [0, 0.1) is 0 Å². The van der Waals surface area contributed by atoms with Gasteiger partial charge < -0.3 is 4.74 Å². The molecule has 1 atom stereocenters. The van der Waals surface area contributed by atoms with Crippen LogP contribution in [0.1, 0.15) is 40.5 Å². The largest absolute Gasteiger partial charge is 0.444 e. The summed E-state index contributed by atoms with van der Waals surface area (Å²) in [7, 11) is 0. The van der Waals surface area contributed by atoms with Crippen molar-refractivity contribution < 1.29 is 18.3 Å². The van der Waals surface area contributed by atoms with Gasteiger partial charge in [0.2, 0.25) is 0 Å². The van der Waals surface area contributed by atoms with Crippen LogP contribution in [0.15, 0.2) is 0 Å². The summed E-state index contributed by atoms with van der Waals surface area (Å²) in [4.78, 5) is 12.8. The summed E-state index contributed by atoms with van der Waals surface area (Å²) in [6, 6.07) is -0.412. The minimum absolute atomic E-state index is 0.261. The van der Waals surface area contributed by atoms with Crippen LogP contribution < -0.4 is 0 Å². The molecule has 1 heterocycles. The molecule has 0 radical (unpaired) electrons. The topological polar surface area (TPSA) is 29.5 Å². The van der Waals surface area contributed by atoms with Crippen LogP contribution in [-0.2, 0) is 4.74 Å². The lowest BCUT2D eigenvalue weighted by atomic mass is 10.1. The smallest absolute Gasteiger partial charge is 0.410 e. The quantitative estimate of drug-likeness (QED) is 0.699. The van der Waals surface area contributed by atoms with E-state index in [9.17, 15) is 13.6 Å². The van der Waals surface area contributed by atoms with Crippen molar-refractivity contribution in [2.24, 2.45) is 0 Å². The fourth-order valence-electron chi connectivity index (χ4n) is 1.80. The third-order valence-electron chi connectivity index (χ3n) is 2.48. The lowest BCUT2D eigenvalue weighted by Crippen LogP contribution is -2.40. The SMILES string of the molecule is CCC1CC(F)(F)CN1C(=O)OC(C)(C)C. The van der Waals surface area contributed by atoms with Crippen molar-refractivity contribution in [1.29, 1.82) is 0 Å². The Morgan fingerprint density at radius 2 is 2.06 bits per heavy atom. The highest BCUT2D eigenvalue weighted by Crippen LogP contribution is 2.34. The summed E-state index contributed by atoms with van der Waals surface area (Å²) >= 11 is 0. The molecule has 1 saturated heterocycles. The van der Waals surface area contributed by atoms with E-state index in [1.807, 2.05) is 0 Å². The number of alkyl halides is 2. The van der Waals surface area contributed by atoms with Gasteiger partial charge in [0.15, 0.2) is 0 Å². The summed E-state index contributed by atoms with van der Waals surface area (Å²) < 4.78 is 31.5. The first-order valence-electron chi connectivity index (χ1n) is 5.52. The van der Waals surface area contributed by atoms with Gasteiger partial charge in [-0.25, -0.2) is 13.6 Å². The van der Waals surface area contributed by atoms with Gasteiger partial charge in [0, 0.05) is 12.5 Å². The van der Waals surface area contributed by atoms with Gasteiger partial charge in [-0.2, -0.15) is 0 Å². The van der Waals surface area contributed by atoms with Gasteiger partial charge in [-0.3, -0.25) is 4.90 Å². The molecule has 16 heavy (non-hydrogen) atoms. The fourth-order valence-corrected chi connectivity index (χ4v) is 1.80. The molecule has 0 aromatic heterocycles. The highest BCUT2D eigenvalue weighted by molar-refractivity contribution is 5.69. The maximum absolute atomic E-state index is 13.2. The number of hydrogen-bond donors (Lipinski definition) is 0. The zero-order chi connectivity index (χ0) is 12.6. The van der Waals surface area contributed by atoms with Crippen molar-refractivity contribution in [1.82, 2.24) is 4.90 Å². The van der Waals surface area contributed by atoms with E-state index in [1.54, 1.807) is 27.7 Å². The van der Waals surface area contributed by atoms with Crippen molar-refractivity contribution in [2.75, 3.05) is 6.54 Å². The molecule has 1 aliphatic heterocycles. The van der Waals surface area contributed by atoms with Crippen molar-refractivity contribution in [2.45, 2.75) is 58.1 Å². The Bertz CT molecular complexity index is 274. The summed E-state index contributed by atoms with van der Waals surface area (Å²) in [6.45, 7) is 6.43. The lowest BCUT2D eigenvalue weighted by Gasteiger charge is -2.27. The number of amides is 1. The van der Waals surface area contributed by atoms with E-state index in [4.69, 9.17) is 4.74 Å². The first kappa shape index (κ1) is 13.2. The van der Waals surface area contributed by atoms with Crippen LogP contribution in [0.25, 0.3) is 0 Å². The summed E-state index contributed by atoms with van der Waals surface area (Å²) in [5.74, 6) is -2.78. The Hall–Kier alpha value is -0.870. The van der Waals surface area contributed by atoms with Crippen molar-refractivity contribution in [3.05, 3.63) is 0 Å². The number of hydrogen-bond acceptors (Lipinski definition) is 2. The Kier molecular flexibility index (Phi) is 3.45. The molecule has 1 amide bonds. The highest BCUT2D eigenvalue weighted by Gasteiger charge is 2.47. The van der Waals surface area contributed by atoms with E-state index in [-0.39, 0.29) is 6.42 Å². The number of rotatable bonds is 1. The first-order chi connectivity index (χ1) is 7.14. The predicted octanol–water partition coefficient (Wildman–Crippen LogP) is 3.04. The predicted molar refractivity (Wildman–Crippen MR) is 56.6 cm³/mol. The number of ether oxygens (including phenoxy) is 1. The van der Waals surface area contributed by atoms with E-state index in [1.165, 1.54) is 0 Å². The molecule has 3 nitrogen and oxygen atoms in total. The molecule has 1 aliphatic rings. The van der Waals surface area contributed by atoms with Gasteiger partial charge >= 0.3 is 6.09 Å². The van der Waals surface area contributed by atoms with Crippen LogP contribution in [0.2, 0.25) is 0 Å². The van der Waals surface area contributed by atoms with Crippen LogP contribution in [0.4, 0.5) is 13.6 Å². The zero-order valence-corrected chi connectivity index (χ0v) is 10.2. The molecule has 0 aromatic carbocycles. The van der Waals surface area contributed by atoms with Crippen molar-refractivity contribution in [3.63, 3.8) is 0 Å². The normalized spacial score (nSPS) is 24.6. The summed E-state index contributed by atoms with van der Waals surface area (Å²) in [5.41, 5.74) is -0.646. The van der Waals surface area contributed by atoms with Crippen LogP contribution in [-0.4, -0.2) is 35.1 Å². The van der Waals surface area contributed by atoms with Crippen LogP contribution >= 0.6 is 0 Å². The highest BCUT2D eigenvalue weighted by atomic mass is 19.3. The minimum Gasteiger partial charge on any atom is -0.444 e. The third-order valence-corrected chi connectivity index (χ3v) is 2.48. The van der Waals surface area contributed by atoms with E-state index in [2.05, 4.69) is 0 Å². The van der Waals surface area contributed by atoms with Crippen LogP contribution in [0.3, 0.4) is 0 Å². The van der Waals surface area contributed by atoms with E-state index >= 15 is 0 Å². The maximum Gasteiger partial charge on any atom is 0.410 e. The molecule has 0 bridgehead atoms. The van der Waals surface area contributed by atoms with E-state index in [0.717, 1.165) is 4.90 Å². The average Bonchev–Trinajstić information content (AvgIpc) is 2.38. The molecule has 94 valence electrons. The number of nitrogens with zero attached hydrogens (tertiary/aromatic N) is 1. The number of carbonyl (C=O) groups is 1. The third kappa shape index (κ3) is 3.32. The van der Waals surface area contributed by atoms with Crippen molar-refractivity contribution in [3.8, 4) is 0 Å². The van der Waals surface area contributed by atoms with Gasteiger partial charge in [-0.1, -0.05) is 6.92 Å². The van der Waals surface area contributed by atoms with E-state index in [0.29, 0.717) is 6.42 Å². The molecule has 0 N–H and O–H groups in total. The molecule has 1 fully saturated rings. The summed E-state index contributed by atoms with van der Waals surface area (Å²) in [5, 5.41) is 0. The molecule has 0 saturated carbocycles. The molecular weight excluding hydrogens is 216 g/mol. The van der Waals surface area contributed by atoms with Crippen molar-refractivity contribution >= 4 is 6.09 Å². The minimum atomic E-state index is -2.78. The number of carbonyl (C=O) groups excluding carboxylic acids is 1. The second-order valence-corrected chi connectivity index (χ2v) is 5.23. The monoisotopic (exact) mass is 235 g/mol. The fraction of sp³-hybridized carbons (Fsp3) is 0.909. The summed E-state index contributed by atoms with van der Waals surface area (Å²) in [6.07, 6.45) is -0.381. The molecule has 5 heteroatoms. The lowest BCUT2D eigenvalue weighted by molar-refractivity contribution is -0.00243. The Morgan fingerprint density at radius 3 is 2.50 bits per heavy atom. The first-order valence-corrected chi connectivity index (χ1v) is 5.52. The van der Waals surface area contributed by atoms with Crippen LogP contribution in [0.5, 0.6) is 0 Å². The van der Waals surface area contributed by atoms with E-state index < -0.39 is 30.2 Å². The number of halogens is 2. The second kappa shape index (κ2) is 4.18. The zero-order valence-electron chi connectivity index (χ0n) is 10.2. The maximum atomic E-state index is 13.2. The Balaban J connectivity index is 2.69. The molecule has 1 unspecified atom stereocenters. The second-order valence-electron chi connectivity index (χ2n) is 5.23. The van der Waals surface area contributed by atoms with Gasteiger partial charge in [0.25, 0.3) is 5.92 Å². The van der Waals surface area contributed by atoms with Gasteiger partial charge in [-0.05, 0) is 27.2 Å². The molecular formula is C11H19F2NO2. The Morgan fingerprint density at radius 1 is 1.50 bits per heavy atom. The molecule has 0 aliphatic carbocycles.